The summed E-state index contributed by atoms with van der Waals surface area (Å²) in [6.07, 6.45) is 2.12. The van der Waals surface area contributed by atoms with Gasteiger partial charge in [0.15, 0.2) is 6.20 Å². The maximum Gasteiger partial charge on any atom is 0.212 e. The average molecular weight is 332 g/mol. The molecule has 1 aromatic heterocycles. The van der Waals surface area contributed by atoms with Crippen LogP contribution in [0, 0.1) is 19.7 Å². The third-order valence-electron chi connectivity index (χ3n) is 5.51. The molecule has 3 aromatic rings. The molecule has 2 heteroatoms. The molecular formula is C23H23FN+. The lowest BCUT2D eigenvalue weighted by Gasteiger charge is -2.24. The minimum atomic E-state index is -0.230. The van der Waals surface area contributed by atoms with Crippen molar-refractivity contribution < 1.29 is 8.96 Å². The van der Waals surface area contributed by atoms with Gasteiger partial charge in [-0.05, 0) is 48.2 Å². The van der Waals surface area contributed by atoms with Crippen molar-refractivity contribution in [1.82, 2.24) is 0 Å². The van der Waals surface area contributed by atoms with Gasteiger partial charge in [0.1, 0.15) is 12.9 Å². The van der Waals surface area contributed by atoms with Gasteiger partial charge < -0.3 is 0 Å². The van der Waals surface area contributed by atoms with Crippen LogP contribution in [0.25, 0.3) is 22.4 Å². The third kappa shape index (κ3) is 2.17. The van der Waals surface area contributed by atoms with Crippen LogP contribution in [0.5, 0.6) is 0 Å². The Morgan fingerprint density at radius 2 is 1.68 bits per heavy atom. The van der Waals surface area contributed by atoms with E-state index < -0.39 is 0 Å². The smallest absolute Gasteiger partial charge is 0.206 e. The number of benzene rings is 2. The predicted octanol–water partition coefficient (Wildman–Crippen LogP) is 5.24. The van der Waals surface area contributed by atoms with Crippen LogP contribution in [0.2, 0.25) is 0 Å². The van der Waals surface area contributed by atoms with Crippen LogP contribution in [0.4, 0.5) is 4.39 Å². The molecule has 0 radical (unpaired) electrons. The molecule has 0 saturated heterocycles. The van der Waals surface area contributed by atoms with E-state index in [1.165, 1.54) is 11.1 Å². The van der Waals surface area contributed by atoms with Gasteiger partial charge in [-0.1, -0.05) is 38.1 Å². The summed E-state index contributed by atoms with van der Waals surface area (Å²) < 4.78 is 17.2. The van der Waals surface area contributed by atoms with Crippen molar-refractivity contribution in [3.63, 3.8) is 0 Å². The highest BCUT2D eigenvalue weighted by molar-refractivity contribution is 5.88. The molecule has 1 heterocycles. The molecular weight excluding hydrogens is 309 g/mol. The van der Waals surface area contributed by atoms with Gasteiger partial charge in [0.2, 0.25) is 5.69 Å². The van der Waals surface area contributed by atoms with E-state index in [-0.39, 0.29) is 11.2 Å². The first kappa shape index (κ1) is 16.0. The molecule has 0 unspecified atom stereocenters. The SMILES string of the molecule is Cc1ccc(-c2c(C)cc(F)c3c2C(C)(C)c2ccccc2-3)[n+](C)c1. The van der Waals surface area contributed by atoms with Crippen LogP contribution >= 0.6 is 0 Å². The Balaban J connectivity index is 2.14. The van der Waals surface area contributed by atoms with E-state index >= 15 is 4.39 Å². The van der Waals surface area contributed by atoms with Crippen molar-refractivity contribution in [1.29, 1.82) is 0 Å². The zero-order valence-electron chi connectivity index (χ0n) is 15.4. The van der Waals surface area contributed by atoms with E-state index in [0.29, 0.717) is 0 Å². The molecule has 4 rings (SSSR count). The second-order valence-corrected chi connectivity index (χ2v) is 7.67. The Hall–Kier alpha value is -2.48. The Kier molecular flexibility index (Phi) is 3.37. The Morgan fingerprint density at radius 1 is 0.960 bits per heavy atom. The summed E-state index contributed by atoms with van der Waals surface area (Å²) in [6, 6.07) is 14.2. The number of aryl methyl sites for hydroxylation is 3. The van der Waals surface area contributed by atoms with Crippen LogP contribution in [0.15, 0.2) is 48.7 Å². The van der Waals surface area contributed by atoms with E-state index in [2.05, 4.69) is 56.8 Å². The van der Waals surface area contributed by atoms with Gasteiger partial charge in [0.25, 0.3) is 0 Å². The molecule has 0 amide bonds. The molecule has 0 fully saturated rings. The largest absolute Gasteiger partial charge is 0.212 e. The molecule has 1 nitrogen and oxygen atoms in total. The summed E-state index contributed by atoms with van der Waals surface area (Å²) >= 11 is 0. The number of hydrogen-bond donors (Lipinski definition) is 0. The first-order chi connectivity index (χ1) is 11.8. The molecule has 126 valence electrons. The zero-order valence-corrected chi connectivity index (χ0v) is 15.4. The summed E-state index contributed by atoms with van der Waals surface area (Å²) in [5, 5.41) is 0. The standard InChI is InChI=1S/C23H23FN/c1-14-10-11-19(25(5)13-14)20-15(2)12-18(24)21-16-8-6-7-9-17(16)23(3,4)22(20)21/h6-13H,1-5H3/q+1. The van der Waals surface area contributed by atoms with Crippen LogP contribution in [0.3, 0.4) is 0 Å². The van der Waals surface area contributed by atoms with Gasteiger partial charge in [-0.2, -0.15) is 0 Å². The molecule has 0 N–H and O–H groups in total. The summed E-state index contributed by atoms with van der Waals surface area (Å²) in [5.74, 6) is -0.121. The van der Waals surface area contributed by atoms with Crippen molar-refractivity contribution >= 4 is 0 Å². The van der Waals surface area contributed by atoms with E-state index in [0.717, 1.165) is 33.5 Å². The molecule has 25 heavy (non-hydrogen) atoms. The fraction of sp³-hybridized carbons (Fsp3) is 0.261. The maximum absolute atomic E-state index is 15.0. The lowest BCUT2D eigenvalue weighted by atomic mass is 9.78. The first-order valence-electron chi connectivity index (χ1n) is 8.72. The van der Waals surface area contributed by atoms with E-state index in [9.17, 15) is 0 Å². The van der Waals surface area contributed by atoms with E-state index in [1.807, 2.05) is 25.1 Å². The molecule has 0 bridgehead atoms. The van der Waals surface area contributed by atoms with E-state index in [4.69, 9.17) is 0 Å². The highest BCUT2D eigenvalue weighted by Gasteiger charge is 2.41. The summed E-state index contributed by atoms with van der Waals surface area (Å²) in [6.45, 7) is 8.51. The first-order valence-corrected chi connectivity index (χ1v) is 8.72. The number of rotatable bonds is 1. The van der Waals surface area contributed by atoms with Gasteiger partial charge in [0.05, 0.1) is 5.56 Å². The van der Waals surface area contributed by atoms with Gasteiger partial charge in [-0.25, -0.2) is 8.96 Å². The van der Waals surface area contributed by atoms with Crippen molar-refractivity contribution in [2.45, 2.75) is 33.1 Å². The fourth-order valence-corrected chi connectivity index (χ4v) is 4.38. The topological polar surface area (TPSA) is 3.88 Å². The normalized spacial score (nSPS) is 14.3. The number of nitrogens with zero attached hydrogens (tertiary/aromatic N) is 1. The molecule has 0 saturated carbocycles. The van der Waals surface area contributed by atoms with Crippen molar-refractivity contribution in [2.75, 3.05) is 0 Å². The molecule has 0 spiro atoms. The van der Waals surface area contributed by atoms with Gasteiger partial charge in [-0.3, -0.25) is 0 Å². The van der Waals surface area contributed by atoms with Crippen molar-refractivity contribution in [3.05, 3.63) is 76.7 Å². The minimum absolute atomic E-state index is 0.121. The molecule has 0 atom stereocenters. The van der Waals surface area contributed by atoms with Crippen molar-refractivity contribution in [2.24, 2.45) is 7.05 Å². The van der Waals surface area contributed by atoms with Crippen LogP contribution in [-0.2, 0) is 12.5 Å². The second kappa shape index (κ2) is 5.26. The highest BCUT2D eigenvalue weighted by atomic mass is 19.1. The average Bonchev–Trinajstić information content (AvgIpc) is 2.78. The van der Waals surface area contributed by atoms with Crippen LogP contribution in [-0.4, -0.2) is 0 Å². The Labute approximate surface area is 148 Å². The van der Waals surface area contributed by atoms with Crippen LogP contribution in [0.1, 0.15) is 36.1 Å². The zero-order chi connectivity index (χ0) is 17.9. The molecule has 1 aliphatic rings. The summed E-state index contributed by atoms with van der Waals surface area (Å²) in [4.78, 5) is 0. The highest BCUT2D eigenvalue weighted by Crippen LogP contribution is 2.53. The van der Waals surface area contributed by atoms with Gasteiger partial charge in [0, 0.05) is 22.6 Å². The Morgan fingerprint density at radius 3 is 2.40 bits per heavy atom. The summed E-state index contributed by atoms with van der Waals surface area (Å²) in [7, 11) is 2.06. The quantitative estimate of drug-likeness (QED) is 0.537. The van der Waals surface area contributed by atoms with Crippen LogP contribution < -0.4 is 4.57 Å². The lowest BCUT2D eigenvalue weighted by molar-refractivity contribution is -0.660. The third-order valence-corrected chi connectivity index (χ3v) is 5.51. The number of pyridine rings is 1. The fourth-order valence-electron chi connectivity index (χ4n) is 4.38. The Bertz CT molecular complexity index is 1010. The van der Waals surface area contributed by atoms with Gasteiger partial charge >= 0.3 is 0 Å². The lowest BCUT2D eigenvalue weighted by Crippen LogP contribution is -2.32. The predicted molar refractivity (Wildman–Crippen MR) is 100 cm³/mol. The number of hydrogen-bond acceptors (Lipinski definition) is 0. The second-order valence-electron chi connectivity index (χ2n) is 7.67. The minimum Gasteiger partial charge on any atom is -0.206 e. The molecule has 2 aromatic carbocycles. The van der Waals surface area contributed by atoms with E-state index in [1.54, 1.807) is 6.07 Å². The maximum atomic E-state index is 15.0. The van der Waals surface area contributed by atoms with Gasteiger partial charge in [-0.15, -0.1) is 0 Å². The summed E-state index contributed by atoms with van der Waals surface area (Å²) in [5.41, 5.74) is 8.34. The number of aromatic nitrogens is 1. The molecule has 1 aliphatic carbocycles. The number of fused-ring (bicyclic) bond motifs is 3. The van der Waals surface area contributed by atoms with Crippen molar-refractivity contribution in [3.8, 4) is 22.4 Å². The number of halogens is 1. The molecule has 0 aliphatic heterocycles. The monoisotopic (exact) mass is 332 g/mol.